The van der Waals surface area contributed by atoms with Crippen LogP contribution >= 0.6 is 0 Å². The fourth-order valence-corrected chi connectivity index (χ4v) is 3.32. The third-order valence-corrected chi connectivity index (χ3v) is 4.98. The molecule has 0 radical (unpaired) electrons. The Labute approximate surface area is 189 Å². The molecule has 0 fully saturated rings. The van der Waals surface area contributed by atoms with Crippen LogP contribution in [0.15, 0.2) is 84.9 Å². The summed E-state index contributed by atoms with van der Waals surface area (Å²) < 4.78 is 5.43. The standard InChI is InChI=1S/C25H19N3O5/c1-16(24(29)26-18-10-7-11-19(14-18)28(31)32)33-25(30)21-15-23(17-8-3-2-4-9-17)27-22-13-6-5-12-20(21)22/h2-16H,1H3,(H,26,29). The van der Waals surface area contributed by atoms with Crippen molar-refractivity contribution in [1.82, 2.24) is 4.98 Å². The molecule has 0 spiro atoms. The van der Waals surface area contributed by atoms with Crippen LogP contribution in [-0.2, 0) is 9.53 Å². The van der Waals surface area contributed by atoms with Crippen LogP contribution in [-0.4, -0.2) is 27.9 Å². The summed E-state index contributed by atoms with van der Waals surface area (Å²) in [5, 5.41) is 14.1. The molecule has 8 nitrogen and oxygen atoms in total. The quantitative estimate of drug-likeness (QED) is 0.256. The fraction of sp³-hybridized carbons (Fsp3) is 0.0800. The second kappa shape index (κ2) is 9.27. The van der Waals surface area contributed by atoms with Crippen molar-refractivity contribution in [2.75, 3.05) is 5.32 Å². The van der Waals surface area contributed by atoms with Crippen molar-refractivity contribution in [2.24, 2.45) is 0 Å². The first-order chi connectivity index (χ1) is 15.9. The minimum absolute atomic E-state index is 0.158. The maximum Gasteiger partial charge on any atom is 0.339 e. The number of ether oxygens (including phenoxy) is 1. The molecule has 0 aliphatic carbocycles. The lowest BCUT2D eigenvalue weighted by Gasteiger charge is -2.15. The van der Waals surface area contributed by atoms with E-state index in [4.69, 9.17) is 4.74 Å². The number of rotatable bonds is 6. The molecule has 1 unspecified atom stereocenters. The number of esters is 1. The summed E-state index contributed by atoms with van der Waals surface area (Å²) in [6.45, 7) is 1.44. The number of anilines is 1. The molecule has 0 aliphatic heterocycles. The van der Waals surface area contributed by atoms with E-state index in [9.17, 15) is 19.7 Å². The minimum atomic E-state index is -1.14. The first-order valence-corrected chi connectivity index (χ1v) is 10.1. The molecule has 164 valence electrons. The van der Waals surface area contributed by atoms with Gasteiger partial charge in [-0.25, -0.2) is 9.78 Å². The Balaban J connectivity index is 1.57. The monoisotopic (exact) mass is 441 g/mol. The van der Waals surface area contributed by atoms with Crippen molar-refractivity contribution in [3.8, 4) is 11.3 Å². The third kappa shape index (κ3) is 4.85. The van der Waals surface area contributed by atoms with Crippen LogP contribution in [0.3, 0.4) is 0 Å². The number of carbonyl (C=O) groups excluding carboxylic acids is 2. The average Bonchev–Trinajstić information content (AvgIpc) is 2.83. The SMILES string of the molecule is CC(OC(=O)c1cc(-c2ccccc2)nc2ccccc12)C(=O)Nc1cccc([N+](=O)[O-])c1. The third-order valence-electron chi connectivity index (χ3n) is 4.98. The number of fused-ring (bicyclic) bond motifs is 1. The smallest absolute Gasteiger partial charge is 0.339 e. The van der Waals surface area contributed by atoms with Gasteiger partial charge in [0.1, 0.15) is 0 Å². The van der Waals surface area contributed by atoms with Crippen molar-refractivity contribution in [1.29, 1.82) is 0 Å². The number of amides is 1. The number of carbonyl (C=O) groups is 2. The van der Waals surface area contributed by atoms with Crippen LogP contribution in [0.5, 0.6) is 0 Å². The molecule has 1 N–H and O–H groups in total. The molecule has 33 heavy (non-hydrogen) atoms. The van der Waals surface area contributed by atoms with Gasteiger partial charge in [-0.15, -0.1) is 0 Å². The van der Waals surface area contributed by atoms with E-state index in [0.717, 1.165) is 5.56 Å². The highest BCUT2D eigenvalue weighted by atomic mass is 16.6. The Kier molecular flexibility index (Phi) is 6.08. The van der Waals surface area contributed by atoms with Crippen LogP contribution in [0.1, 0.15) is 17.3 Å². The van der Waals surface area contributed by atoms with Crippen LogP contribution in [0.4, 0.5) is 11.4 Å². The van der Waals surface area contributed by atoms with Crippen molar-refractivity contribution in [2.45, 2.75) is 13.0 Å². The Hall–Kier alpha value is -4.59. The number of nitrogens with one attached hydrogen (secondary N) is 1. The summed E-state index contributed by atoms with van der Waals surface area (Å²) in [5.74, 6) is -1.28. The highest BCUT2D eigenvalue weighted by molar-refractivity contribution is 6.06. The van der Waals surface area contributed by atoms with Crippen molar-refractivity contribution in [3.63, 3.8) is 0 Å². The Morgan fingerprint density at radius 3 is 2.45 bits per heavy atom. The van der Waals surface area contributed by atoms with E-state index in [0.29, 0.717) is 16.6 Å². The molecule has 1 heterocycles. The molecule has 4 rings (SSSR count). The van der Waals surface area contributed by atoms with E-state index >= 15 is 0 Å². The second-order valence-electron chi connectivity index (χ2n) is 7.28. The maximum absolute atomic E-state index is 13.0. The van der Waals surface area contributed by atoms with E-state index in [1.54, 1.807) is 24.3 Å². The Morgan fingerprint density at radius 1 is 0.970 bits per heavy atom. The number of hydrogen-bond donors (Lipinski definition) is 1. The number of hydrogen-bond acceptors (Lipinski definition) is 6. The van der Waals surface area contributed by atoms with Gasteiger partial charge >= 0.3 is 5.97 Å². The van der Waals surface area contributed by atoms with Gasteiger partial charge in [0.2, 0.25) is 0 Å². The number of non-ortho nitro benzene ring substituents is 1. The highest BCUT2D eigenvalue weighted by Crippen LogP contribution is 2.26. The molecule has 1 atom stereocenters. The zero-order chi connectivity index (χ0) is 23.4. The van der Waals surface area contributed by atoms with Gasteiger partial charge in [-0.3, -0.25) is 14.9 Å². The maximum atomic E-state index is 13.0. The Bertz CT molecular complexity index is 1350. The molecule has 4 aromatic rings. The molecule has 0 saturated carbocycles. The van der Waals surface area contributed by atoms with Crippen LogP contribution in [0.25, 0.3) is 22.2 Å². The summed E-state index contributed by atoms with van der Waals surface area (Å²) in [6, 6.07) is 23.8. The van der Waals surface area contributed by atoms with Gasteiger partial charge in [0.05, 0.1) is 21.7 Å². The normalized spacial score (nSPS) is 11.5. The fourth-order valence-electron chi connectivity index (χ4n) is 3.32. The molecule has 8 heteroatoms. The van der Waals surface area contributed by atoms with E-state index in [-0.39, 0.29) is 16.9 Å². The van der Waals surface area contributed by atoms with Gasteiger partial charge in [-0.1, -0.05) is 54.6 Å². The molecule has 1 aromatic heterocycles. The minimum Gasteiger partial charge on any atom is -0.449 e. The lowest BCUT2D eigenvalue weighted by Crippen LogP contribution is -2.30. The lowest BCUT2D eigenvalue weighted by molar-refractivity contribution is -0.384. The van der Waals surface area contributed by atoms with Crippen LogP contribution < -0.4 is 5.32 Å². The summed E-state index contributed by atoms with van der Waals surface area (Å²) in [7, 11) is 0. The largest absolute Gasteiger partial charge is 0.449 e. The second-order valence-corrected chi connectivity index (χ2v) is 7.28. The molecule has 0 aliphatic rings. The van der Waals surface area contributed by atoms with Crippen molar-refractivity contribution in [3.05, 3.63) is 101 Å². The molecule has 1 amide bonds. The van der Waals surface area contributed by atoms with Gasteiger partial charge in [0.15, 0.2) is 6.10 Å². The summed E-state index contributed by atoms with van der Waals surface area (Å²) in [6.07, 6.45) is -1.14. The predicted molar refractivity (Wildman–Crippen MR) is 124 cm³/mol. The number of benzene rings is 3. The lowest BCUT2D eigenvalue weighted by atomic mass is 10.0. The van der Waals surface area contributed by atoms with Gasteiger partial charge in [-0.2, -0.15) is 0 Å². The summed E-state index contributed by atoms with van der Waals surface area (Å²) in [5.41, 5.74) is 2.43. The first kappa shape index (κ1) is 21.6. The summed E-state index contributed by atoms with van der Waals surface area (Å²) in [4.78, 5) is 40.6. The highest BCUT2D eigenvalue weighted by Gasteiger charge is 2.22. The number of pyridine rings is 1. The van der Waals surface area contributed by atoms with Crippen LogP contribution in [0.2, 0.25) is 0 Å². The zero-order valence-corrected chi connectivity index (χ0v) is 17.6. The average molecular weight is 441 g/mol. The van der Waals surface area contributed by atoms with Gasteiger partial charge in [-0.05, 0) is 25.1 Å². The van der Waals surface area contributed by atoms with Crippen molar-refractivity contribution < 1.29 is 19.2 Å². The predicted octanol–water partition coefficient (Wildman–Crippen LogP) is 4.99. The van der Waals surface area contributed by atoms with E-state index < -0.39 is 22.9 Å². The van der Waals surface area contributed by atoms with E-state index in [1.807, 2.05) is 36.4 Å². The Morgan fingerprint density at radius 2 is 1.70 bits per heavy atom. The summed E-state index contributed by atoms with van der Waals surface area (Å²) >= 11 is 0. The van der Waals surface area contributed by atoms with E-state index in [1.165, 1.54) is 31.2 Å². The molecular weight excluding hydrogens is 422 g/mol. The molecule has 0 saturated heterocycles. The van der Waals surface area contributed by atoms with Crippen molar-refractivity contribution >= 4 is 34.2 Å². The number of aromatic nitrogens is 1. The molecule has 0 bridgehead atoms. The van der Waals surface area contributed by atoms with E-state index in [2.05, 4.69) is 10.3 Å². The first-order valence-electron chi connectivity index (χ1n) is 10.1. The zero-order valence-electron chi connectivity index (χ0n) is 17.6. The molecular formula is C25H19N3O5. The number of nitrogens with zero attached hydrogens (tertiary/aromatic N) is 2. The number of para-hydroxylation sites is 1. The van der Waals surface area contributed by atoms with Crippen LogP contribution in [0, 0.1) is 10.1 Å². The molecule has 3 aromatic carbocycles. The number of nitro benzene ring substituents is 1. The van der Waals surface area contributed by atoms with Gasteiger partial charge in [0, 0.05) is 28.8 Å². The van der Waals surface area contributed by atoms with Gasteiger partial charge in [0.25, 0.3) is 11.6 Å². The topological polar surface area (TPSA) is 111 Å². The number of nitro groups is 1. The van der Waals surface area contributed by atoms with Gasteiger partial charge < -0.3 is 10.1 Å².